The van der Waals surface area contributed by atoms with Crippen LogP contribution in [0, 0.1) is 0 Å². The Balaban J connectivity index is 1.36. The van der Waals surface area contributed by atoms with E-state index in [1.807, 2.05) is 43.3 Å². The maximum Gasteiger partial charge on any atom is 0.439 e. The van der Waals surface area contributed by atoms with Crippen molar-refractivity contribution in [2.75, 3.05) is 0 Å². The monoisotopic (exact) mass is 510 g/mol. The number of hydrogen-bond donors (Lipinski definition) is 1. The molecule has 1 N–H and O–H groups in total. The molecule has 3 heterocycles. The summed E-state index contributed by atoms with van der Waals surface area (Å²) in [7, 11) is 0. The Morgan fingerprint density at radius 2 is 1.97 bits per heavy atom. The number of imidazole rings is 1. The Morgan fingerprint density at radius 1 is 1.11 bits per heavy atom. The van der Waals surface area contributed by atoms with Gasteiger partial charge in [0.1, 0.15) is 23.7 Å². The van der Waals surface area contributed by atoms with Gasteiger partial charge in [0.2, 0.25) is 0 Å². The van der Waals surface area contributed by atoms with Gasteiger partial charge in [-0.2, -0.15) is 0 Å². The van der Waals surface area contributed by atoms with Gasteiger partial charge in [0, 0.05) is 23.6 Å². The average molecular weight is 511 g/mol. The molecule has 0 bridgehead atoms. The number of rotatable bonds is 4. The fourth-order valence-corrected chi connectivity index (χ4v) is 5.47. The third-order valence-corrected chi connectivity index (χ3v) is 7.50. The van der Waals surface area contributed by atoms with E-state index in [-0.39, 0.29) is 0 Å². The minimum absolute atomic E-state index is 0.405. The second-order valence-corrected chi connectivity index (χ2v) is 10.1. The van der Waals surface area contributed by atoms with Crippen LogP contribution in [-0.2, 0) is 13.2 Å². The molecule has 5 aromatic rings. The molecule has 7 nitrogen and oxygen atoms in total. The SMILES string of the molecule is CC(=C1c2ccc(Cn3c(C4CC4)nc4c(Cl)cccc43)cc2COc2ccccc21)c1noc(=O)[nH]1. The van der Waals surface area contributed by atoms with Crippen LogP contribution >= 0.6 is 11.6 Å². The third kappa shape index (κ3) is 3.78. The van der Waals surface area contributed by atoms with Crippen LogP contribution < -0.4 is 10.5 Å². The summed E-state index contributed by atoms with van der Waals surface area (Å²) in [6, 6.07) is 20.4. The van der Waals surface area contributed by atoms with Crippen molar-refractivity contribution in [1.82, 2.24) is 19.7 Å². The Bertz CT molecular complexity index is 1770. The van der Waals surface area contributed by atoms with E-state index in [9.17, 15) is 4.79 Å². The molecular formula is C29H23ClN4O3. The molecule has 37 heavy (non-hydrogen) atoms. The maximum atomic E-state index is 11.7. The van der Waals surface area contributed by atoms with Gasteiger partial charge in [-0.05, 0) is 66.3 Å². The van der Waals surface area contributed by atoms with Crippen LogP contribution in [-0.4, -0.2) is 19.7 Å². The first-order valence-corrected chi connectivity index (χ1v) is 12.7. The molecule has 0 radical (unpaired) electrons. The molecule has 3 aromatic carbocycles. The van der Waals surface area contributed by atoms with Gasteiger partial charge in [0.15, 0.2) is 5.82 Å². The first-order chi connectivity index (χ1) is 18.1. The van der Waals surface area contributed by atoms with Gasteiger partial charge < -0.3 is 9.30 Å². The van der Waals surface area contributed by atoms with E-state index >= 15 is 0 Å². The third-order valence-electron chi connectivity index (χ3n) is 7.19. The topological polar surface area (TPSA) is 85.9 Å². The molecule has 0 atom stereocenters. The predicted molar refractivity (Wildman–Crippen MR) is 142 cm³/mol. The smallest absolute Gasteiger partial charge is 0.439 e. The number of para-hydroxylation sites is 2. The fraction of sp³-hybridized carbons (Fsp3) is 0.207. The van der Waals surface area contributed by atoms with Crippen molar-refractivity contribution in [1.29, 1.82) is 0 Å². The van der Waals surface area contributed by atoms with Crippen LogP contribution in [0.1, 0.15) is 59.6 Å². The summed E-state index contributed by atoms with van der Waals surface area (Å²) in [6.07, 6.45) is 2.32. The van der Waals surface area contributed by atoms with Gasteiger partial charge >= 0.3 is 5.76 Å². The van der Waals surface area contributed by atoms with Gasteiger partial charge in [0.25, 0.3) is 0 Å². The molecule has 1 fully saturated rings. The molecule has 7 rings (SSSR count). The number of nitrogens with zero attached hydrogens (tertiary/aromatic N) is 3. The van der Waals surface area contributed by atoms with Crippen molar-refractivity contribution < 1.29 is 9.26 Å². The van der Waals surface area contributed by atoms with Gasteiger partial charge in [0.05, 0.1) is 10.5 Å². The number of hydrogen-bond acceptors (Lipinski definition) is 5. The van der Waals surface area contributed by atoms with Crippen LogP contribution in [0.2, 0.25) is 5.02 Å². The number of halogens is 1. The second-order valence-electron chi connectivity index (χ2n) is 9.66. The first-order valence-electron chi connectivity index (χ1n) is 12.3. The van der Waals surface area contributed by atoms with Crippen LogP contribution in [0.5, 0.6) is 5.75 Å². The normalized spacial score (nSPS) is 16.2. The highest BCUT2D eigenvalue weighted by atomic mass is 35.5. The number of aromatic amines is 1. The van der Waals surface area contributed by atoms with E-state index in [2.05, 4.69) is 39.0 Å². The van der Waals surface area contributed by atoms with Crippen LogP contribution in [0.15, 0.2) is 70.0 Å². The Hall–Kier alpha value is -4.10. The van der Waals surface area contributed by atoms with Gasteiger partial charge in [-0.25, -0.2) is 9.78 Å². The number of H-pyrrole nitrogens is 1. The van der Waals surface area contributed by atoms with Gasteiger partial charge in [-0.1, -0.05) is 53.2 Å². The van der Waals surface area contributed by atoms with Crippen LogP contribution in [0.3, 0.4) is 0 Å². The van der Waals surface area contributed by atoms with Gasteiger partial charge in [-0.15, -0.1) is 0 Å². The summed E-state index contributed by atoms with van der Waals surface area (Å²) in [5, 5.41) is 4.62. The Labute approximate surface area is 217 Å². The zero-order chi connectivity index (χ0) is 25.1. The molecule has 184 valence electrons. The summed E-state index contributed by atoms with van der Waals surface area (Å²) in [4.78, 5) is 19.3. The zero-order valence-electron chi connectivity index (χ0n) is 20.1. The molecule has 0 unspecified atom stereocenters. The van der Waals surface area contributed by atoms with Crippen molar-refractivity contribution in [3.8, 4) is 5.75 Å². The van der Waals surface area contributed by atoms with Crippen molar-refractivity contribution in [2.45, 2.75) is 38.8 Å². The second kappa shape index (κ2) is 8.49. The lowest BCUT2D eigenvalue weighted by Crippen LogP contribution is -2.06. The van der Waals surface area contributed by atoms with E-state index in [0.717, 1.165) is 68.8 Å². The van der Waals surface area contributed by atoms with Crippen molar-refractivity contribution in [3.63, 3.8) is 0 Å². The predicted octanol–water partition coefficient (Wildman–Crippen LogP) is 6.16. The highest BCUT2D eigenvalue weighted by Gasteiger charge is 2.30. The summed E-state index contributed by atoms with van der Waals surface area (Å²) < 4.78 is 13.4. The largest absolute Gasteiger partial charge is 0.488 e. The molecule has 1 saturated carbocycles. The summed E-state index contributed by atoms with van der Waals surface area (Å²) >= 11 is 6.49. The first kappa shape index (κ1) is 22.1. The molecule has 0 amide bonds. The van der Waals surface area contributed by atoms with E-state index in [1.165, 1.54) is 0 Å². The summed E-state index contributed by atoms with van der Waals surface area (Å²) in [6.45, 7) is 3.06. The van der Waals surface area contributed by atoms with E-state index in [1.54, 1.807) is 0 Å². The molecule has 2 aromatic heterocycles. The zero-order valence-corrected chi connectivity index (χ0v) is 20.9. The number of allylic oxidation sites excluding steroid dienone is 1. The fourth-order valence-electron chi connectivity index (χ4n) is 5.26. The Morgan fingerprint density at radius 3 is 2.78 bits per heavy atom. The minimum atomic E-state index is -0.581. The molecule has 1 aliphatic carbocycles. The number of aromatic nitrogens is 4. The minimum Gasteiger partial charge on any atom is -0.488 e. The number of benzene rings is 3. The summed E-state index contributed by atoms with van der Waals surface area (Å²) in [5.74, 6) is 2.20. The summed E-state index contributed by atoms with van der Waals surface area (Å²) in [5.41, 5.74) is 7.88. The lowest BCUT2D eigenvalue weighted by Gasteiger charge is -2.15. The standard InChI is InChI=1S/C29H23ClN4O3/c1-16(27-32-29(35)37-33-27)25-20-12-9-17(13-19(20)15-36-24-8-3-2-5-21(24)25)14-34-23-7-4-6-22(30)26(23)31-28(34)18-10-11-18/h2-9,12-13,18H,10-11,14-15H2,1H3,(H,32,33,35). The molecule has 0 spiro atoms. The quantitative estimate of drug-likeness (QED) is 0.313. The molecule has 0 saturated heterocycles. The van der Waals surface area contributed by atoms with E-state index in [4.69, 9.17) is 25.8 Å². The lowest BCUT2D eigenvalue weighted by atomic mass is 9.89. The molecular weight excluding hydrogens is 488 g/mol. The number of nitrogens with one attached hydrogen (secondary N) is 1. The maximum absolute atomic E-state index is 11.7. The van der Waals surface area contributed by atoms with Crippen LogP contribution in [0.4, 0.5) is 0 Å². The molecule has 8 heteroatoms. The molecule has 1 aliphatic heterocycles. The lowest BCUT2D eigenvalue weighted by molar-refractivity contribution is 0.307. The number of ether oxygens (including phenoxy) is 1. The Kier molecular flexibility index (Phi) is 5.08. The van der Waals surface area contributed by atoms with Crippen LogP contribution in [0.25, 0.3) is 22.2 Å². The van der Waals surface area contributed by atoms with Crippen molar-refractivity contribution >= 4 is 33.8 Å². The van der Waals surface area contributed by atoms with E-state index < -0.39 is 5.76 Å². The highest BCUT2D eigenvalue weighted by Crippen LogP contribution is 2.43. The highest BCUT2D eigenvalue weighted by molar-refractivity contribution is 6.34. The van der Waals surface area contributed by atoms with E-state index in [0.29, 0.717) is 29.9 Å². The van der Waals surface area contributed by atoms with Crippen molar-refractivity contribution in [2.24, 2.45) is 0 Å². The molecule has 2 aliphatic rings. The van der Waals surface area contributed by atoms with Gasteiger partial charge in [-0.3, -0.25) is 9.51 Å². The van der Waals surface area contributed by atoms with Crippen molar-refractivity contribution in [3.05, 3.63) is 110 Å². The number of fused-ring (bicyclic) bond motifs is 3. The average Bonchev–Trinajstić information content (AvgIpc) is 3.59.